The maximum Gasteiger partial charge on any atom is 0.292 e. The summed E-state index contributed by atoms with van der Waals surface area (Å²) in [5.41, 5.74) is 5.83. The van der Waals surface area contributed by atoms with Gasteiger partial charge in [0, 0.05) is 17.3 Å². The lowest BCUT2D eigenvalue weighted by Crippen LogP contribution is -2.93. The largest absolute Gasteiger partial charge is 0.354 e. The molecule has 2 aromatic rings. The summed E-state index contributed by atoms with van der Waals surface area (Å²) in [6.45, 7) is 0.794. The van der Waals surface area contributed by atoms with Crippen molar-refractivity contribution in [2.45, 2.75) is 19.0 Å². The van der Waals surface area contributed by atoms with Crippen LogP contribution >= 0.6 is 0 Å². The van der Waals surface area contributed by atoms with Crippen molar-refractivity contribution in [1.29, 1.82) is 0 Å². The average Bonchev–Trinajstić information content (AvgIpc) is 2.75. The Morgan fingerprint density at radius 1 is 1.47 bits per heavy atom. The Labute approximate surface area is 98.3 Å². The molecule has 2 heterocycles. The van der Waals surface area contributed by atoms with Gasteiger partial charge in [-0.05, 0) is 11.6 Å². The van der Waals surface area contributed by atoms with Gasteiger partial charge in [-0.3, -0.25) is 10.2 Å². The number of hydrazine groups is 1. The highest BCUT2D eigenvalue weighted by Crippen LogP contribution is 2.24. The lowest BCUT2D eigenvalue weighted by molar-refractivity contribution is -0.695. The molecule has 1 aliphatic heterocycles. The Bertz CT molecular complexity index is 575. The summed E-state index contributed by atoms with van der Waals surface area (Å²) in [4.78, 5) is 15.0. The Morgan fingerprint density at radius 2 is 2.29 bits per heavy atom. The Morgan fingerprint density at radius 3 is 3.12 bits per heavy atom. The van der Waals surface area contributed by atoms with E-state index in [1.807, 2.05) is 17.4 Å². The van der Waals surface area contributed by atoms with E-state index in [9.17, 15) is 4.79 Å². The third-order valence-corrected chi connectivity index (χ3v) is 3.41. The fraction of sp³-hybridized carbons (Fsp3) is 0.250. The second kappa shape index (κ2) is 3.87. The molecule has 0 bridgehead atoms. The highest BCUT2D eigenvalue weighted by atomic mass is 16.2. The second-order valence-corrected chi connectivity index (χ2v) is 4.39. The molecule has 1 atom stereocenters. The van der Waals surface area contributed by atoms with E-state index >= 15 is 0 Å². The molecule has 5 nitrogen and oxygen atoms in total. The minimum atomic E-state index is -0.119. The van der Waals surface area contributed by atoms with Crippen molar-refractivity contribution in [1.82, 2.24) is 10.4 Å². The molecule has 0 saturated carbocycles. The Hall–Kier alpha value is -1.85. The van der Waals surface area contributed by atoms with Gasteiger partial charge in [0.15, 0.2) is 6.04 Å². The first kappa shape index (κ1) is 10.3. The van der Waals surface area contributed by atoms with Crippen LogP contribution in [0, 0.1) is 0 Å². The molecule has 0 fully saturated rings. The minimum Gasteiger partial charge on any atom is -0.354 e. The molecule has 1 aromatic carbocycles. The van der Waals surface area contributed by atoms with Crippen molar-refractivity contribution < 1.29 is 10.1 Å². The number of amides is 1. The van der Waals surface area contributed by atoms with Crippen LogP contribution in [0.5, 0.6) is 0 Å². The SMILES string of the molecule is NNC(=O)[C@H]1Cc2c([nH]c3ccccc23)C[NH2+]1. The summed E-state index contributed by atoms with van der Waals surface area (Å²) in [6.07, 6.45) is 0.725. The Balaban J connectivity index is 2.03. The first-order chi connectivity index (χ1) is 8.29. The zero-order valence-electron chi connectivity index (χ0n) is 9.36. The zero-order valence-corrected chi connectivity index (χ0v) is 9.36. The molecular weight excluding hydrogens is 216 g/mol. The molecule has 3 rings (SSSR count). The number of H-pyrrole nitrogens is 1. The van der Waals surface area contributed by atoms with Crippen LogP contribution in [0.25, 0.3) is 10.9 Å². The van der Waals surface area contributed by atoms with Crippen molar-refractivity contribution in [3.63, 3.8) is 0 Å². The van der Waals surface area contributed by atoms with Crippen LogP contribution in [-0.4, -0.2) is 16.9 Å². The van der Waals surface area contributed by atoms with E-state index in [-0.39, 0.29) is 11.9 Å². The van der Waals surface area contributed by atoms with Gasteiger partial charge in [0.1, 0.15) is 6.54 Å². The lowest BCUT2D eigenvalue weighted by atomic mass is 9.98. The van der Waals surface area contributed by atoms with Gasteiger partial charge >= 0.3 is 0 Å². The van der Waals surface area contributed by atoms with E-state index in [4.69, 9.17) is 5.84 Å². The molecule has 17 heavy (non-hydrogen) atoms. The quantitative estimate of drug-likeness (QED) is 0.292. The number of hydrogen-bond donors (Lipinski definition) is 4. The molecule has 1 aromatic heterocycles. The van der Waals surface area contributed by atoms with E-state index in [1.54, 1.807) is 0 Å². The average molecular weight is 231 g/mol. The predicted molar refractivity (Wildman–Crippen MR) is 63.8 cm³/mol. The summed E-state index contributed by atoms with van der Waals surface area (Å²) < 4.78 is 0. The number of rotatable bonds is 1. The smallest absolute Gasteiger partial charge is 0.292 e. The van der Waals surface area contributed by atoms with Crippen LogP contribution in [0.1, 0.15) is 11.3 Å². The number of aromatic amines is 1. The number of fused-ring (bicyclic) bond motifs is 3. The third kappa shape index (κ3) is 1.60. The van der Waals surface area contributed by atoms with E-state index < -0.39 is 0 Å². The molecule has 1 aliphatic rings. The van der Waals surface area contributed by atoms with Crippen molar-refractivity contribution in [2.75, 3.05) is 0 Å². The number of para-hydroxylation sites is 1. The fourth-order valence-corrected chi connectivity index (χ4v) is 2.53. The van der Waals surface area contributed by atoms with Crippen molar-refractivity contribution in [2.24, 2.45) is 5.84 Å². The molecule has 88 valence electrons. The number of aromatic nitrogens is 1. The summed E-state index contributed by atoms with van der Waals surface area (Å²) in [6, 6.07) is 8.07. The van der Waals surface area contributed by atoms with Gasteiger partial charge in [0.05, 0.1) is 5.69 Å². The molecule has 0 spiro atoms. The molecule has 0 unspecified atom stereocenters. The Kier molecular flexibility index (Phi) is 2.35. The number of quaternary nitrogens is 1. The molecule has 0 aliphatic carbocycles. The van der Waals surface area contributed by atoms with Gasteiger partial charge in [0.25, 0.3) is 5.91 Å². The van der Waals surface area contributed by atoms with E-state index in [0.29, 0.717) is 0 Å². The molecular formula is C12H15N4O+. The van der Waals surface area contributed by atoms with Crippen LogP contribution in [0.15, 0.2) is 24.3 Å². The number of nitrogens with two attached hydrogens (primary N) is 2. The van der Waals surface area contributed by atoms with Crippen LogP contribution in [0.4, 0.5) is 0 Å². The number of nitrogens with one attached hydrogen (secondary N) is 2. The highest BCUT2D eigenvalue weighted by Gasteiger charge is 2.29. The number of benzene rings is 1. The fourth-order valence-electron chi connectivity index (χ4n) is 2.53. The highest BCUT2D eigenvalue weighted by molar-refractivity contribution is 5.86. The van der Waals surface area contributed by atoms with Gasteiger partial charge in [0.2, 0.25) is 0 Å². The van der Waals surface area contributed by atoms with Gasteiger partial charge in [-0.1, -0.05) is 18.2 Å². The first-order valence-electron chi connectivity index (χ1n) is 5.72. The zero-order chi connectivity index (χ0) is 11.8. The minimum absolute atomic E-state index is 0.110. The van der Waals surface area contributed by atoms with Gasteiger partial charge < -0.3 is 10.3 Å². The van der Waals surface area contributed by atoms with E-state index in [2.05, 4.69) is 22.5 Å². The summed E-state index contributed by atoms with van der Waals surface area (Å²) in [5.74, 6) is 5.07. The number of carbonyl (C=O) groups is 1. The van der Waals surface area contributed by atoms with Gasteiger partial charge in [-0.2, -0.15) is 0 Å². The first-order valence-corrected chi connectivity index (χ1v) is 5.72. The maximum atomic E-state index is 11.6. The standard InChI is InChI=1S/C12H14N4O/c13-16-12(17)10-5-8-7-3-1-2-4-9(7)15-11(8)6-14-10/h1-4,10,14-15H,5-6,13H2,(H,16,17)/p+1/t10-/m1/s1. The summed E-state index contributed by atoms with van der Waals surface area (Å²) >= 11 is 0. The van der Waals surface area contributed by atoms with Crippen molar-refractivity contribution in [3.05, 3.63) is 35.5 Å². The lowest BCUT2D eigenvalue weighted by Gasteiger charge is -2.19. The van der Waals surface area contributed by atoms with Crippen LogP contribution in [-0.2, 0) is 17.8 Å². The van der Waals surface area contributed by atoms with Crippen molar-refractivity contribution in [3.8, 4) is 0 Å². The normalized spacial score (nSPS) is 19.0. The summed E-state index contributed by atoms with van der Waals surface area (Å²) in [7, 11) is 0. The number of hydrogen-bond acceptors (Lipinski definition) is 2. The van der Waals surface area contributed by atoms with Crippen LogP contribution in [0.3, 0.4) is 0 Å². The predicted octanol–water partition coefficient (Wildman–Crippen LogP) is -0.854. The maximum absolute atomic E-state index is 11.6. The molecule has 6 N–H and O–H groups in total. The van der Waals surface area contributed by atoms with E-state index in [0.717, 1.165) is 18.5 Å². The molecule has 0 saturated heterocycles. The monoisotopic (exact) mass is 231 g/mol. The number of carbonyl (C=O) groups excluding carboxylic acids is 1. The molecule has 5 heteroatoms. The van der Waals surface area contributed by atoms with Gasteiger partial charge in [-0.15, -0.1) is 0 Å². The molecule has 0 radical (unpaired) electrons. The van der Waals surface area contributed by atoms with Crippen LogP contribution in [0.2, 0.25) is 0 Å². The van der Waals surface area contributed by atoms with Crippen LogP contribution < -0.4 is 16.6 Å². The van der Waals surface area contributed by atoms with Crippen molar-refractivity contribution >= 4 is 16.8 Å². The summed E-state index contributed by atoms with van der Waals surface area (Å²) in [5, 5.41) is 3.23. The third-order valence-electron chi connectivity index (χ3n) is 3.41. The van der Waals surface area contributed by atoms with Gasteiger partial charge in [-0.25, -0.2) is 5.84 Å². The molecule has 1 amide bonds. The topological polar surface area (TPSA) is 87.5 Å². The second-order valence-electron chi connectivity index (χ2n) is 4.39. The van der Waals surface area contributed by atoms with E-state index in [1.165, 1.54) is 16.6 Å².